The van der Waals surface area contributed by atoms with Crippen LogP contribution < -0.4 is 0 Å². The number of aryl methyl sites for hydroxylation is 2. The van der Waals surface area contributed by atoms with Gasteiger partial charge in [-0.1, -0.05) is 110 Å². The Balaban J connectivity index is 0. The molecule has 34 heavy (non-hydrogen) atoms. The molecule has 1 aliphatic carbocycles. The summed E-state index contributed by atoms with van der Waals surface area (Å²) in [6.07, 6.45) is 14.2. The molecule has 0 amide bonds. The van der Waals surface area contributed by atoms with Crippen molar-refractivity contribution in [2.24, 2.45) is 11.8 Å². The van der Waals surface area contributed by atoms with Crippen LogP contribution in [0.1, 0.15) is 117 Å². The minimum Gasteiger partial charge on any atom is -0.483 e. The zero-order valence-electron chi connectivity index (χ0n) is 23.7. The van der Waals surface area contributed by atoms with Gasteiger partial charge in [0.05, 0.1) is 0 Å². The summed E-state index contributed by atoms with van der Waals surface area (Å²) in [5.41, 5.74) is 2.35. The van der Waals surface area contributed by atoms with Crippen LogP contribution in [0.25, 0.3) is 0 Å². The van der Waals surface area contributed by atoms with Crippen LogP contribution in [-0.4, -0.2) is 35.6 Å². The summed E-state index contributed by atoms with van der Waals surface area (Å²) in [5, 5.41) is 7.75. The first-order valence-electron chi connectivity index (χ1n) is 13.8. The number of rotatable bonds is 4. The van der Waals surface area contributed by atoms with E-state index < -0.39 is 0 Å². The second-order valence-corrected chi connectivity index (χ2v) is 10.2. The number of carbonyl (C=O) groups is 1. The highest BCUT2D eigenvalue weighted by Gasteiger charge is 2.23. The van der Waals surface area contributed by atoms with E-state index in [9.17, 15) is 0 Å². The quantitative estimate of drug-likeness (QED) is 0.421. The third-order valence-electron chi connectivity index (χ3n) is 6.54. The molecular formula is C30H56ClNO2. The molecule has 0 spiro atoms. The molecule has 0 bridgehead atoms. The number of hydrogen-bond donors (Lipinski definition) is 1. The molecular weight excluding hydrogens is 442 g/mol. The van der Waals surface area contributed by atoms with Crippen LogP contribution in [0.2, 0.25) is 5.02 Å². The van der Waals surface area contributed by atoms with Crippen LogP contribution >= 0.6 is 11.6 Å². The first-order valence-corrected chi connectivity index (χ1v) is 14.2. The SMILES string of the molecule is CCC.CCC(CC)N1CCC(C)C1.CCC1CCCCC1.Cc1ccc(C)c(Cl)c1.O=CO. The van der Waals surface area contributed by atoms with Crippen LogP contribution in [0, 0.1) is 25.7 Å². The zero-order chi connectivity index (χ0) is 26.4. The summed E-state index contributed by atoms with van der Waals surface area (Å²) in [5.74, 6) is 2.03. The van der Waals surface area contributed by atoms with Crippen molar-refractivity contribution < 1.29 is 9.90 Å². The average Bonchev–Trinajstić information content (AvgIpc) is 3.26. The van der Waals surface area contributed by atoms with Crippen molar-refractivity contribution in [3.8, 4) is 0 Å². The third kappa shape index (κ3) is 18.3. The van der Waals surface area contributed by atoms with Gasteiger partial charge in [0, 0.05) is 17.6 Å². The maximum Gasteiger partial charge on any atom is 0.290 e. The van der Waals surface area contributed by atoms with Crippen molar-refractivity contribution in [3.63, 3.8) is 0 Å². The summed E-state index contributed by atoms with van der Waals surface area (Å²) < 4.78 is 0. The largest absolute Gasteiger partial charge is 0.483 e. The molecule has 3 nitrogen and oxygen atoms in total. The van der Waals surface area contributed by atoms with E-state index in [4.69, 9.17) is 21.5 Å². The van der Waals surface area contributed by atoms with Gasteiger partial charge in [0.2, 0.25) is 0 Å². The summed E-state index contributed by atoms with van der Waals surface area (Å²) in [6.45, 7) is 20.0. The van der Waals surface area contributed by atoms with Crippen molar-refractivity contribution in [1.29, 1.82) is 0 Å². The number of benzene rings is 1. The molecule has 1 aromatic rings. The molecule has 2 aliphatic rings. The Labute approximate surface area is 217 Å². The maximum absolute atomic E-state index is 8.36. The fraction of sp³-hybridized carbons (Fsp3) is 0.767. The van der Waals surface area contributed by atoms with Crippen LogP contribution in [-0.2, 0) is 4.79 Å². The number of carboxylic acid groups (broad SMARTS) is 1. The van der Waals surface area contributed by atoms with Crippen molar-refractivity contribution in [2.45, 2.75) is 126 Å². The molecule has 4 heteroatoms. The molecule has 1 saturated carbocycles. The Morgan fingerprint density at radius 2 is 1.56 bits per heavy atom. The van der Waals surface area contributed by atoms with E-state index >= 15 is 0 Å². The van der Waals surface area contributed by atoms with Crippen molar-refractivity contribution in [3.05, 3.63) is 34.3 Å². The summed E-state index contributed by atoms with van der Waals surface area (Å²) in [6, 6.07) is 6.91. The van der Waals surface area contributed by atoms with E-state index in [1.54, 1.807) is 0 Å². The monoisotopic (exact) mass is 497 g/mol. The van der Waals surface area contributed by atoms with Crippen LogP contribution in [0.5, 0.6) is 0 Å². The van der Waals surface area contributed by atoms with Crippen molar-refractivity contribution >= 4 is 18.1 Å². The van der Waals surface area contributed by atoms with Crippen LogP contribution in [0.4, 0.5) is 0 Å². The van der Waals surface area contributed by atoms with E-state index in [-0.39, 0.29) is 6.47 Å². The van der Waals surface area contributed by atoms with E-state index in [2.05, 4.69) is 52.5 Å². The van der Waals surface area contributed by atoms with E-state index in [0.717, 1.165) is 28.5 Å². The molecule has 1 heterocycles. The van der Waals surface area contributed by atoms with Gasteiger partial charge in [-0.3, -0.25) is 4.79 Å². The van der Waals surface area contributed by atoms with Crippen molar-refractivity contribution in [1.82, 2.24) is 4.90 Å². The van der Waals surface area contributed by atoms with E-state index in [0.29, 0.717) is 0 Å². The molecule has 1 atom stereocenters. The Hall–Kier alpha value is -1.06. The van der Waals surface area contributed by atoms with Gasteiger partial charge in [0.25, 0.3) is 6.47 Å². The zero-order valence-corrected chi connectivity index (χ0v) is 24.5. The first kappa shape index (κ1) is 35.1. The summed E-state index contributed by atoms with van der Waals surface area (Å²) in [7, 11) is 0. The van der Waals surface area contributed by atoms with Gasteiger partial charge in [0.15, 0.2) is 0 Å². The molecule has 200 valence electrons. The van der Waals surface area contributed by atoms with Gasteiger partial charge in [-0.15, -0.1) is 0 Å². The number of likely N-dealkylation sites (tertiary alicyclic amines) is 1. The smallest absolute Gasteiger partial charge is 0.290 e. The average molecular weight is 498 g/mol. The fourth-order valence-corrected chi connectivity index (χ4v) is 4.63. The van der Waals surface area contributed by atoms with Gasteiger partial charge in [-0.05, 0) is 68.7 Å². The lowest BCUT2D eigenvalue weighted by Gasteiger charge is -2.25. The van der Waals surface area contributed by atoms with Crippen molar-refractivity contribution in [2.75, 3.05) is 13.1 Å². The molecule has 1 unspecified atom stereocenters. The topological polar surface area (TPSA) is 40.5 Å². The van der Waals surface area contributed by atoms with E-state index in [1.807, 2.05) is 26.0 Å². The maximum atomic E-state index is 8.36. The summed E-state index contributed by atoms with van der Waals surface area (Å²) in [4.78, 5) is 11.0. The molecule has 1 N–H and O–H groups in total. The number of halogens is 1. The first-order chi connectivity index (χ1) is 16.2. The predicted octanol–water partition coefficient (Wildman–Crippen LogP) is 9.57. The molecule has 0 aromatic heterocycles. The van der Waals surface area contributed by atoms with Gasteiger partial charge in [-0.2, -0.15) is 0 Å². The molecule has 3 rings (SSSR count). The predicted molar refractivity (Wildman–Crippen MR) is 152 cm³/mol. The Morgan fingerprint density at radius 3 is 1.88 bits per heavy atom. The Bertz CT molecular complexity index is 583. The molecule has 1 aromatic carbocycles. The normalized spacial score (nSPS) is 17.6. The van der Waals surface area contributed by atoms with Gasteiger partial charge < -0.3 is 10.0 Å². The Kier molecular flexibility index (Phi) is 24.4. The standard InChI is InChI=1S/C10H21N.C8H9Cl.C8H16.C3H8.CH2O2/c1-4-10(5-2)11-7-6-9(3)8-11;1-6-3-4-7(2)8(9)5-6;1-2-8-6-4-3-5-7-8;1-3-2;2-1-3/h9-10H,4-8H2,1-3H3;3-5H,1-2H3;8H,2-7H2,1H3;3H2,1-2H3;1H,(H,2,3). The van der Waals surface area contributed by atoms with Crippen LogP contribution in [0.15, 0.2) is 18.2 Å². The van der Waals surface area contributed by atoms with E-state index in [1.165, 1.54) is 82.9 Å². The second kappa shape index (κ2) is 23.7. The highest BCUT2D eigenvalue weighted by molar-refractivity contribution is 6.31. The molecule has 0 radical (unpaired) electrons. The third-order valence-corrected chi connectivity index (χ3v) is 6.95. The van der Waals surface area contributed by atoms with Gasteiger partial charge >= 0.3 is 0 Å². The molecule has 2 fully saturated rings. The Morgan fingerprint density at radius 1 is 1.03 bits per heavy atom. The molecule has 1 saturated heterocycles. The van der Waals surface area contributed by atoms with Gasteiger partial charge in [-0.25, -0.2) is 0 Å². The number of hydrogen-bond acceptors (Lipinski definition) is 2. The highest BCUT2D eigenvalue weighted by Crippen LogP contribution is 2.25. The van der Waals surface area contributed by atoms with Crippen LogP contribution in [0.3, 0.4) is 0 Å². The summed E-state index contributed by atoms with van der Waals surface area (Å²) >= 11 is 5.81. The molecule has 1 aliphatic heterocycles. The fourth-order valence-electron chi connectivity index (χ4n) is 4.40. The minimum absolute atomic E-state index is 0.250. The lowest BCUT2D eigenvalue weighted by Crippen LogP contribution is -2.32. The minimum atomic E-state index is -0.250. The highest BCUT2D eigenvalue weighted by atomic mass is 35.5. The number of nitrogens with zero attached hydrogens (tertiary/aromatic N) is 1. The lowest BCUT2D eigenvalue weighted by molar-refractivity contribution is -0.122. The lowest BCUT2D eigenvalue weighted by atomic mass is 9.88. The second-order valence-electron chi connectivity index (χ2n) is 9.84. The van der Waals surface area contributed by atoms with Gasteiger partial charge in [0.1, 0.15) is 0 Å².